The monoisotopic (exact) mass is 904 g/mol. The van der Waals surface area contributed by atoms with Crippen LogP contribution in [-0.2, 0) is 43.9 Å². The zero-order chi connectivity index (χ0) is 38.0. The fraction of sp³-hybridized carbons (Fsp3) is 0.265. The predicted molar refractivity (Wildman–Crippen MR) is 225 cm³/mol. The summed E-state index contributed by atoms with van der Waals surface area (Å²) in [6, 6.07) is 46.1. The second-order valence-corrected chi connectivity index (χ2v) is 17.6. The van der Waals surface area contributed by atoms with Gasteiger partial charge in [-0.15, -0.1) is 41.5 Å². The van der Waals surface area contributed by atoms with Gasteiger partial charge in [-0.2, -0.15) is 24.3 Å². The van der Waals surface area contributed by atoms with Crippen molar-refractivity contribution in [3.8, 4) is 11.6 Å². The van der Waals surface area contributed by atoms with Crippen molar-refractivity contribution in [1.29, 1.82) is 0 Å². The molecule has 0 fully saturated rings. The minimum Gasteiger partial charge on any atom is -0.517 e. The van der Waals surface area contributed by atoms with E-state index in [1.807, 2.05) is 18.3 Å². The molecule has 0 atom stereocenters. The number of rotatable bonds is 6. The summed E-state index contributed by atoms with van der Waals surface area (Å²) >= 11 is 0. The van der Waals surface area contributed by atoms with Crippen LogP contribution in [0.5, 0.6) is 5.75 Å². The number of aromatic nitrogens is 2. The molecule has 8 rings (SSSR count). The third-order valence-corrected chi connectivity index (χ3v) is 10.4. The van der Waals surface area contributed by atoms with Gasteiger partial charge in [0, 0.05) is 55.6 Å². The smallest absolute Gasteiger partial charge is 0.135 e. The summed E-state index contributed by atoms with van der Waals surface area (Å²) < 4.78 is 8.69. The molecule has 0 radical (unpaired) electrons. The van der Waals surface area contributed by atoms with E-state index in [9.17, 15) is 0 Å². The van der Waals surface area contributed by atoms with E-state index < -0.39 is 0 Å². The maximum atomic E-state index is 6.46. The Kier molecular flexibility index (Phi) is 10.0. The second-order valence-electron chi connectivity index (χ2n) is 17.6. The van der Waals surface area contributed by atoms with E-state index in [1.165, 1.54) is 22.1 Å². The molecule has 2 aromatic heterocycles. The van der Waals surface area contributed by atoms with Gasteiger partial charge in [-0.1, -0.05) is 104 Å². The van der Waals surface area contributed by atoms with Gasteiger partial charge in [-0.3, -0.25) is 0 Å². The van der Waals surface area contributed by atoms with Crippen LogP contribution in [0, 0.1) is 18.8 Å². The topological polar surface area (TPSA) is 33.5 Å². The first-order valence-electron chi connectivity index (χ1n) is 18.9. The van der Waals surface area contributed by atoms with Gasteiger partial charge in [0.2, 0.25) is 0 Å². The number of pyridine rings is 1. The molecule has 0 saturated heterocycles. The number of ether oxygens (including phenoxy) is 1. The first kappa shape index (κ1) is 38.4. The standard InChI is InChI=1S/C49H49N4O.Pt/c1-47(2,3)34-23-24-50-46(29-34)53-42-18-11-10-17-40(42)41-22-21-33(25-45(41)53)31-54-39-16-14-15-37(30-39)51-32-52(44-20-13-12-19-43(44)51)38-27-35(48(4,5)6)26-36(28-38)49(7,8)9;/h10-24,26-29,32H,31H2,1-9H3;/q-3;. The van der Waals surface area contributed by atoms with Crippen LogP contribution in [0.1, 0.15) is 84.6 Å². The van der Waals surface area contributed by atoms with Gasteiger partial charge in [-0.25, -0.2) is 4.98 Å². The quantitative estimate of drug-likeness (QED) is 0.156. The summed E-state index contributed by atoms with van der Waals surface area (Å²) in [5.41, 5.74) is 11.3. The zero-order valence-corrected chi connectivity index (χ0v) is 35.5. The number of nitrogens with zero attached hydrogens (tertiary/aromatic N) is 4. The summed E-state index contributed by atoms with van der Waals surface area (Å²) in [7, 11) is 0. The van der Waals surface area contributed by atoms with Gasteiger partial charge in [0.15, 0.2) is 0 Å². The number of benzene rings is 5. The van der Waals surface area contributed by atoms with Gasteiger partial charge in [0.25, 0.3) is 0 Å². The van der Waals surface area contributed by atoms with Crippen molar-refractivity contribution >= 4 is 44.6 Å². The van der Waals surface area contributed by atoms with Crippen molar-refractivity contribution < 1.29 is 25.8 Å². The van der Waals surface area contributed by atoms with Crippen LogP contribution in [0.3, 0.4) is 0 Å². The number of anilines is 4. The number of para-hydroxylation sites is 3. The Morgan fingerprint density at radius 1 is 0.618 bits per heavy atom. The molecular formula is C49H49N4OPt-3. The largest absolute Gasteiger partial charge is 0.517 e. The molecule has 0 bridgehead atoms. The van der Waals surface area contributed by atoms with E-state index >= 15 is 0 Å². The molecule has 5 aromatic carbocycles. The van der Waals surface area contributed by atoms with Crippen molar-refractivity contribution in [3.63, 3.8) is 0 Å². The molecule has 0 N–H and O–H groups in total. The fourth-order valence-electron chi connectivity index (χ4n) is 7.21. The summed E-state index contributed by atoms with van der Waals surface area (Å²) in [6.45, 7) is 22.9. The van der Waals surface area contributed by atoms with Crippen LogP contribution >= 0.6 is 0 Å². The van der Waals surface area contributed by atoms with Crippen LogP contribution in [0.15, 0.2) is 115 Å². The van der Waals surface area contributed by atoms with Gasteiger partial charge >= 0.3 is 0 Å². The Bertz CT molecular complexity index is 2480. The second kappa shape index (κ2) is 14.3. The number of fused-ring (bicyclic) bond motifs is 4. The molecule has 6 heteroatoms. The maximum absolute atomic E-state index is 6.46. The van der Waals surface area contributed by atoms with E-state index in [4.69, 9.17) is 9.72 Å². The number of hydrogen-bond donors (Lipinski definition) is 0. The molecule has 55 heavy (non-hydrogen) atoms. The minimum absolute atomic E-state index is 0. The third kappa shape index (κ3) is 7.44. The van der Waals surface area contributed by atoms with Crippen molar-refractivity contribution in [2.24, 2.45) is 0 Å². The summed E-state index contributed by atoms with van der Waals surface area (Å²) in [5.74, 6) is 1.56. The van der Waals surface area contributed by atoms with Crippen LogP contribution in [0.25, 0.3) is 27.6 Å². The van der Waals surface area contributed by atoms with E-state index in [0.29, 0.717) is 12.4 Å². The van der Waals surface area contributed by atoms with Crippen LogP contribution in [-0.4, -0.2) is 9.55 Å². The van der Waals surface area contributed by atoms with Crippen molar-refractivity contribution in [1.82, 2.24) is 9.55 Å². The van der Waals surface area contributed by atoms with Crippen LogP contribution in [0.2, 0.25) is 0 Å². The molecule has 284 valence electrons. The Morgan fingerprint density at radius 2 is 1.27 bits per heavy atom. The van der Waals surface area contributed by atoms with E-state index in [0.717, 1.165) is 50.6 Å². The Hall–Kier alpha value is -4.86. The molecular weight excluding hydrogens is 856 g/mol. The van der Waals surface area contributed by atoms with E-state index in [2.05, 4.69) is 193 Å². The van der Waals surface area contributed by atoms with Gasteiger partial charge in [0.05, 0.1) is 6.61 Å². The predicted octanol–water partition coefficient (Wildman–Crippen LogP) is 12.7. The normalized spacial score (nSPS) is 13.3. The average molecular weight is 905 g/mol. The maximum Gasteiger partial charge on any atom is 0.135 e. The average Bonchev–Trinajstić information content (AvgIpc) is 3.69. The molecule has 0 unspecified atom stereocenters. The van der Waals surface area contributed by atoms with E-state index in [-0.39, 0.29) is 37.3 Å². The first-order valence-corrected chi connectivity index (χ1v) is 18.9. The molecule has 0 aliphatic carbocycles. The van der Waals surface area contributed by atoms with Crippen molar-refractivity contribution in [2.75, 3.05) is 9.80 Å². The molecule has 1 aliphatic heterocycles. The van der Waals surface area contributed by atoms with Gasteiger partial charge in [0.1, 0.15) is 5.82 Å². The molecule has 7 aromatic rings. The van der Waals surface area contributed by atoms with Crippen molar-refractivity contribution in [3.05, 3.63) is 156 Å². The number of hydrogen-bond acceptors (Lipinski definition) is 4. The van der Waals surface area contributed by atoms with Gasteiger partial charge in [-0.05, 0) is 80.8 Å². The minimum atomic E-state index is 0. The fourth-order valence-corrected chi connectivity index (χ4v) is 7.21. The summed E-state index contributed by atoms with van der Waals surface area (Å²) in [6.07, 6.45) is 1.91. The first-order chi connectivity index (χ1) is 25.6. The van der Waals surface area contributed by atoms with Crippen molar-refractivity contribution in [2.45, 2.75) is 85.2 Å². The third-order valence-electron chi connectivity index (χ3n) is 10.4. The molecule has 3 heterocycles. The Balaban J connectivity index is 0.00000465. The molecule has 0 amide bonds. The van der Waals surface area contributed by atoms with Gasteiger partial charge < -0.3 is 19.1 Å². The molecule has 0 spiro atoms. The Morgan fingerprint density at radius 3 is 1.96 bits per heavy atom. The van der Waals surface area contributed by atoms with Crippen LogP contribution < -0.4 is 14.5 Å². The molecule has 5 nitrogen and oxygen atoms in total. The van der Waals surface area contributed by atoms with E-state index in [1.54, 1.807) is 0 Å². The Labute approximate surface area is 341 Å². The zero-order valence-electron chi connectivity index (χ0n) is 33.3. The summed E-state index contributed by atoms with van der Waals surface area (Å²) in [5, 5.41) is 2.32. The van der Waals surface area contributed by atoms with Crippen LogP contribution in [0.4, 0.5) is 22.7 Å². The molecule has 0 saturated carbocycles. The SMILES string of the molecule is CC(C)(C)c1cc(N2[CH-]N(c3[c-]c(OCc4[c-]c5c(cc4)c4ccccc4n5-c4cc(C(C)(C)C)ccn4)ccc3)c3ccccc32)cc(C(C)(C)C)c1.[Pt]. The summed E-state index contributed by atoms with van der Waals surface area (Å²) in [4.78, 5) is 9.34. The molecule has 1 aliphatic rings.